The zero-order chi connectivity index (χ0) is 29.1. The van der Waals surface area contributed by atoms with E-state index in [0.29, 0.717) is 25.2 Å². The standard InChI is InChI=1S/C29H38BN3O7/c1-19(2)17-22(30-33(4,15-13-26(36)39-30)16-14-27(37)40-30)18-25(35)28(20(3)34)32-29(38)24-12-8-11-23(31-24)21-9-6-5-7-10-21/h5-12,19-20,22,28,34H,13-18H2,1-4H3,(H,32,38)/t20-,22-,28+,30?,33?/m1/s1. The normalized spacial score (nSPS) is 24.8. The van der Waals surface area contributed by atoms with E-state index in [1.54, 1.807) is 18.2 Å². The van der Waals surface area contributed by atoms with E-state index in [0.717, 1.165) is 5.56 Å². The van der Waals surface area contributed by atoms with Gasteiger partial charge in [0.2, 0.25) is 0 Å². The van der Waals surface area contributed by atoms with Gasteiger partial charge in [-0.15, -0.1) is 0 Å². The third-order valence-electron chi connectivity index (χ3n) is 8.12. The molecule has 2 aromatic rings. The van der Waals surface area contributed by atoms with Crippen LogP contribution in [0.25, 0.3) is 11.3 Å². The van der Waals surface area contributed by atoms with Crippen LogP contribution in [0, 0.1) is 5.92 Å². The SMILES string of the molecule is CC(C)C[C@H](CC(=O)[C@@H](NC(=O)c1cccc(-c2ccccc2)n1)[C@@H](C)O)[B-]12OC(=O)CC[N+]1(C)CCC(=O)O2. The number of nitrogens with zero attached hydrogens (tertiary/aromatic N) is 2. The van der Waals surface area contributed by atoms with E-state index in [2.05, 4.69) is 10.3 Å². The highest BCUT2D eigenvalue weighted by Gasteiger charge is 2.63. The molecular weight excluding hydrogens is 513 g/mol. The number of fused-ring (bicyclic) bond motifs is 1. The lowest BCUT2D eigenvalue weighted by Gasteiger charge is -2.62. The van der Waals surface area contributed by atoms with Gasteiger partial charge in [-0.25, -0.2) is 4.98 Å². The molecule has 0 aliphatic carbocycles. The quantitative estimate of drug-likeness (QED) is 0.431. The molecule has 3 atom stereocenters. The lowest BCUT2D eigenvalue weighted by molar-refractivity contribution is -0.835. The Hall–Kier alpha value is -3.57. The Labute approximate surface area is 234 Å². The number of pyridine rings is 1. The summed E-state index contributed by atoms with van der Waals surface area (Å²) < 4.78 is 12.0. The summed E-state index contributed by atoms with van der Waals surface area (Å²) in [6.07, 6.45) is -0.522. The molecule has 2 aliphatic heterocycles. The maximum atomic E-state index is 13.7. The van der Waals surface area contributed by atoms with Crippen molar-refractivity contribution in [3.8, 4) is 11.3 Å². The maximum Gasteiger partial charge on any atom is 0.586 e. The average Bonchev–Trinajstić information content (AvgIpc) is 2.92. The van der Waals surface area contributed by atoms with E-state index in [1.165, 1.54) is 6.92 Å². The Bertz CT molecular complexity index is 1250. The molecule has 2 fully saturated rings. The van der Waals surface area contributed by atoms with Crippen molar-refractivity contribution in [1.82, 2.24) is 10.3 Å². The molecule has 10 nitrogen and oxygen atoms in total. The first-order valence-corrected chi connectivity index (χ1v) is 13.9. The molecule has 1 amide bonds. The minimum atomic E-state index is -2.54. The summed E-state index contributed by atoms with van der Waals surface area (Å²) >= 11 is 0. The van der Waals surface area contributed by atoms with Crippen molar-refractivity contribution in [2.75, 3.05) is 20.1 Å². The van der Waals surface area contributed by atoms with Crippen LogP contribution in [0.4, 0.5) is 0 Å². The predicted molar refractivity (Wildman–Crippen MR) is 149 cm³/mol. The number of aromatic nitrogens is 1. The first-order valence-electron chi connectivity index (χ1n) is 13.9. The monoisotopic (exact) mass is 551 g/mol. The fourth-order valence-corrected chi connectivity index (χ4v) is 6.05. The van der Waals surface area contributed by atoms with Crippen molar-refractivity contribution in [1.29, 1.82) is 0 Å². The number of aliphatic hydroxyl groups is 1. The van der Waals surface area contributed by atoms with Crippen LogP contribution in [-0.4, -0.2) is 77.1 Å². The number of hydrogen-bond acceptors (Lipinski definition) is 8. The molecule has 4 rings (SSSR count). The number of hydrogen-bond donors (Lipinski definition) is 2. The molecule has 214 valence electrons. The number of quaternary nitrogens is 1. The number of carbonyl (C=O) groups is 4. The van der Waals surface area contributed by atoms with Crippen molar-refractivity contribution in [3.63, 3.8) is 0 Å². The summed E-state index contributed by atoms with van der Waals surface area (Å²) in [6, 6.07) is 13.2. The van der Waals surface area contributed by atoms with Gasteiger partial charge in [-0.1, -0.05) is 56.7 Å². The molecule has 40 heavy (non-hydrogen) atoms. The summed E-state index contributed by atoms with van der Waals surface area (Å²) in [5.41, 5.74) is 1.54. The van der Waals surface area contributed by atoms with Crippen LogP contribution in [-0.2, 0) is 23.7 Å². The highest BCUT2D eigenvalue weighted by Crippen LogP contribution is 2.44. The van der Waals surface area contributed by atoms with E-state index in [4.69, 9.17) is 9.31 Å². The first-order chi connectivity index (χ1) is 18.9. The number of aliphatic hydroxyl groups excluding tert-OH is 1. The Kier molecular flexibility index (Phi) is 8.75. The van der Waals surface area contributed by atoms with Crippen molar-refractivity contribution in [3.05, 3.63) is 54.2 Å². The third kappa shape index (κ3) is 6.10. The van der Waals surface area contributed by atoms with Crippen molar-refractivity contribution in [2.24, 2.45) is 5.92 Å². The fourth-order valence-electron chi connectivity index (χ4n) is 6.05. The molecule has 0 saturated carbocycles. The second kappa shape index (κ2) is 11.9. The van der Waals surface area contributed by atoms with Gasteiger partial charge in [-0.2, -0.15) is 0 Å². The lowest BCUT2D eigenvalue weighted by Crippen LogP contribution is -2.78. The number of ketones is 1. The molecule has 1 aromatic carbocycles. The van der Waals surface area contributed by atoms with E-state index in [9.17, 15) is 24.3 Å². The van der Waals surface area contributed by atoms with Gasteiger partial charge in [-0.05, 0) is 37.2 Å². The zero-order valence-electron chi connectivity index (χ0n) is 23.5. The number of amides is 1. The molecule has 1 aromatic heterocycles. The Morgan fingerprint density at radius 2 is 1.62 bits per heavy atom. The summed E-state index contributed by atoms with van der Waals surface area (Å²) in [4.78, 5) is 56.4. The van der Waals surface area contributed by atoms with E-state index >= 15 is 0 Å². The molecule has 0 bridgehead atoms. The minimum Gasteiger partial charge on any atom is -0.604 e. The number of rotatable bonds is 10. The first kappa shape index (κ1) is 29.4. The highest BCUT2D eigenvalue weighted by molar-refractivity contribution is 6.65. The van der Waals surface area contributed by atoms with Crippen LogP contribution in [0.15, 0.2) is 48.5 Å². The molecule has 0 unspecified atom stereocenters. The summed E-state index contributed by atoms with van der Waals surface area (Å²) in [7, 11) is 1.90. The molecule has 0 spiro atoms. The Morgan fingerprint density at radius 3 is 2.20 bits per heavy atom. The average molecular weight is 551 g/mol. The van der Waals surface area contributed by atoms with Gasteiger partial charge < -0.3 is 24.1 Å². The second-order valence-electron chi connectivity index (χ2n) is 11.7. The van der Waals surface area contributed by atoms with Gasteiger partial charge in [0, 0.05) is 12.6 Å². The summed E-state index contributed by atoms with van der Waals surface area (Å²) in [5, 5.41) is 13.2. The Balaban J connectivity index is 1.59. The minimum absolute atomic E-state index is 0.0910. The molecule has 2 saturated heterocycles. The molecule has 0 radical (unpaired) electrons. The third-order valence-corrected chi connectivity index (χ3v) is 8.12. The number of nitrogens with one attached hydrogen (secondary N) is 1. The van der Waals surface area contributed by atoms with E-state index in [-0.39, 0.29) is 35.3 Å². The van der Waals surface area contributed by atoms with Gasteiger partial charge >= 0.3 is 6.69 Å². The van der Waals surface area contributed by atoms with Crippen LogP contribution in [0.1, 0.15) is 56.9 Å². The smallest absolute Gasteiger partial charge is 0.586 e. The number of Topliss-reactive ketones (excluding diaryl/α,β-unsaturated/α-hetero) is 1. The van der Waals surface area contributed by atoms with E-state index in [1.807, 2.05) is 51.2 Å². The summed E-state index contributed by atoms with van der Waals surface area (Å²) in [6.45, 7) is 3.72. The summed E-state index contributed by atoms with van der Waals surface area (Å²) in [5.74, 6) is -2.50. The van der Waals surface area contributed by atoms with Crippen molar-refractivity contribution >= 4 is 30.3 Å². The van der Waals surface area contributed by atoms with E-state index < -0.39 is 48.3 Å². The van der Waals surface area contributed by atoms with Gasteiger partial charge in [0.15, 0.2) is 5.78 Å². The van der Waals surface area contributed by atoms with Crippen molar-refractivity contribution in [2.45, 2.75) is 64.4 Å². The Morgan fingerprint density at radius 1 is 1.00 bits per heavy atom. The molecule has 2 N–H and O–H groups in total. The molecular formula is C29H38BN3O7. The molecule has 11 heteroatoms. The molecule has 3 heterocycles. The molecule has 2 aliphatic rings. The van der Waals surface area contributed by atoms with Crippen LogP contribution in [0.3, 0.4) is 0 Å². The van der Waals surface area contributed by atoms with Crippen LogP contribution >= 0.6 is 0 Å². The van der Waals surface area contributed by atoms with Crippen molar-refractivity contribution < 1.29 is 38.0 Å². The highest BCUT2D eigenvalue weighted by atomic mass is 16.7. The van der Waals surface area contributed by atoms with Crippen LogP contribution < -0.4 is 5.32 Å². The topological polar surface area (TPSA) is 132 Å². The van der Waals surface area contributed by atoms with Gasteiger partial charge in [-0.3, -0.25) is 19.2 Å². The lowest BCUT2D eigenvalue weighted by atomic mass is 9.48. The largest absolute Gasteiger partial charge is 0.604 e. The number of benzene rings is 1. The van der Waals surface area contributed by atoms with Crippen LogP contribution in [0.5, 0.6) is 0 Å². The predicted octanol–water partition coefficient (Wildman–Crippen LogP) is 2.88. The van der Waals surface area contributed by atoms with Gasteiger partial charge in [0.25, 0.3) is 17.8 Å². The zero-order valence-corrected chi connectivity index (χ0v) is 23.5. The maximum absolute atomic E-state index is 13.7. The fraction of sp³-hybridized carbons (Fsp3) is 0.483. The van der Waals surface area contributed by atoms with Crippen LogP contribution in [0.2, 0.25) is 5.82 Å². The second-order valence-corrected chi connectivity index (χ2v) is 11.7. The van der Waals surface area contributed by atoms with Gasteiger partial charge in [0.1, 0.15) is 11.7 Å². The van der Waals surface area contributed by atoms with Gasteiger partial charge in [0.05, 0.1) is 37.7 Å². The number of carbonyl (C=O) groups excluding carboxylic acids is 4.